The zero-order valence-electron chi connectivity index (χ0n) is 10.9. The average molecular weight is 274 g/mol. The van der Waals surface area contributed by atoms with Crippen molar-refractivity contribution in [3.05, 3.63) is 0 Å². The first-order chi connectivity index (χ1) is 8.53. The van der Waals surface area contributed by atoms with Crippen molar-refractivity contribution in [3.8, 4) is 0 Å². The van der Waals surface area contributed by atoms with Crippen LogP contribution < -0.4 is 5.32 Å². The second-order valence-electron chi connectivity index (χ2n) is 5.22. The van der Waals surface area contributed by atoms with E-state index in [4.69, 9.17) is 0 Å². The quantitative estimate of drug-likeness (QED) is 0.788. The summed E-state index contributed by atoms with van der Waals surface area (Å²) in [4.78, 5) is 14.3. The molecule has 18 heavy (non-hydrogen) atoms. The molecule has 6 heteroatoms. The van der Waals surface area contributed by atoms with Crippen molar-refractivity contribution < 1.29 is 13.2 Å². The van der Waals surface area contributed by atoms with Crippen LogP contribution in [-0.4, -0.2) is 56.4 Å². The fourth-order valence-corrected chi connectivity index (χ4v) is 4.65. The molecule has 2 aliphatic heterocycles. The van der Waals surface area contributed by atoms with Crippen LogP contribution in [0.5, 0.6) is 0 Å². The van der Waals surface area contributed by atoms with E-state index in [1.54, 1.807) is 0 Å². The van der Waals surface area contributed by atoms with Crippen LogP contribution in [0, 0.1) is 5.92 Å². The van der Waals surface area contributed by atoms with Gasteiger partial charge in [-0.3, -0.25) is 4.79 Å². The molecule has 104 valence electrons. The summed E-state index contributed by atoms with van der Waals surface area (Å²) in [5, 5.41) is 3.30. The molecule has 0 bridgehead atoms. The molecular weight excluding hydrogens is 252 g/mol. The van der Waals surface area contributed by atoms with Gasteiger partial charge in [-0.15, -0.1) is 0 Å². The van der Waals surface area contributed by atoms with Gasteiger partial charge >= 0.3 is 0 Å². The summed E-state index contributed by atoms with van der Waals surface area (Å²) in [6, 6.07) is 0.236. The minimum Gasteiger partial charge on any atom is -0.338 e. The topological polar surface area (TPSA) is 66.5 Å². The lowest BCUT2D eigenvalue weighted by Gasteiger charge is -2.35. The Morgan fingerprint density at radius 2 is 2.17 bits per heavy atom. The largest absolute Gasteiger partial charge is 0.338 e. The normalized spacial score (nSPS) is 31.2. The van der Waals surface area contributed by atoms with Gasteiger partial charge in [-0.1, -0.05) is 0 Å². The van der Waals surface area contributed by atoms with E-state index < -0.39 is 9.84 Å². The van der Waals surface area contributed by atoms with Crippen LogP contribution in [0.15, 0.2) is 0 Å². The summed E-state index contributed by atoms with van der Waals surface area (Å²) < 4.78 is 22.9. The number of carbonyl (C=O) groups is 1. The third kappa shape index (κ3) is 3.03. The number of hydrogen-bond donors (Lipinski definition) is 1. The van der Waals surface area contributed by atoms with Gasteiger partial charge in [-0.25, -0.2) is 8.42 Å². The SMILES string of the molecule is CCN(C(=O)C1CCS(=O)(=O)C1)C1CCCNC1. The number of rotatable bonds is 3. The van der Waals surface area contributed by atoms with Gasteiger partial charge in [0.15, 0.2) is 9.84 Å². The molecule has 0 aromatic carbocycles. The molecule has 5 nitrogen and oxygen atoms in total. The first kappa shape index (κ1) is 13.8. The molecule has 0 spiro atoms. The molecular formula is C12H22N2O3S. The smallest absolute Gasteiger partial charge is 0.227 e. The molecule has 2 heterocycles. The predicted octanol–water partition coefficient (Wildman–Crippen LogP) is 0.0216. The molecule has 1 N–H and O–H groups in total. The lowest BCUT2D eigenvalue weighted by atomic mass is 10.0. The number of nitrogens with zero attached hydrogens (tertiary/aromatic N) is 1. The van der Waals surface area contributed by atoms with Crippen molar-refractivity contribution in [1.82, 2.24) is 10.2 Å². The van der Waals surface area contributed by atoms with Gasteiger partial charge in [-0.2, -0.15) is 0 Å². The zero-order valence-corrected chi connectivity index (χ0v) is 11.7. The molecule has 2 atom stereocenters. The minimum absolute atomic E-state index is 0.0345. The monoisotopic (exact) mass is 274 g/mol. The summed E-state index contributed by atoms with van der Waals surface area (Å²) in [7, 11) is -2.98. The van der Waals surface area contributed by atoms with Crippen LogP contribution in [0.2, 0.25) is 0 Å². The van der Waals surface area contributed by atoms with E-state index in [-0.39, 0.29) is 29.4 Å². The highest BCUT2D eigenvalue weighted by molar-refractivity contribution is 7.91. The lowest BCUT2D eigenvalue weighted by Crippen LogP contribution is -2.50. The molecule has 2 fully saturated rings. The van der Waals surface area contributed by atoms with E-state index >= 15 is 0 Å². The predicted molar refractivity (Wildman–Crippen MR) is 70.0 cm³/mol. The van der Waals surface area contributed by atoms with Crippen LogP contribution >= 0.6 is 0 Å². The molecule has 2 aliphatic rings. The number of hydrogen-bond acceptors (Lipinski definition) is 4. The Morgan fingerprint density at radius 1 is 1.39 bits per heavy atom. The molecule has 0 radical (unpaired) electrons. The van der Waals surface area contributed by atoms with E-state index in [9.17, 15) is 13.2 Å². The summed E-state index contributed by atoms with van der Waals surface area (Å²) in [6.07, 6.45) is 2.60. The Labute approximate surface area is 109 Å². The third-order valence-electron chi connectivity index (χ3n) is 3.92. The molecule has 0 saturated carbocycles. The van der Waals surface area contributed by atoms with Crippen LogP contribution in [-0.2, 0) is 14.6 Å². The molecule has 1 amide bonds. The van der Waals surface area contributed by atoms with Gasteiger partial charge in [0.05, 0.1) is 17.4 Å². The summed E-state index contributed by atoms with van der Waals surface area (Å²) in [5.74, 6) is -0.0593. The average Bonchev–Trinajstić information content (AvgIpc) is 2.72. The first-order valence-corrected chi connectivity index (χ1v) is 8.57. The number of sulfone groups is 1. The Kier molecular flexibility index (Phi) is 4.27. The number of piperidine rings is 1. The third-order valence-corrected chi connectivity index (χ3v) is 5.69. The van der Waals surface area contributed by atoms with Crippen molar-refractivity contribution in [2.45, 2.75) is 32.2 Å². The van der Waals surface area contributed by atoms with Gasteiger partial charge in [0.25, 0.3) is 0 Å². The van der Waals surface area contributed by atoms with E-state index in [0.717, 1.165) is 25.9 Å². The molecule has 2 saturated heterocycles. The van der Waals surface area contributed by atoms with E-state index in [1.165, 1.54) is 0 Å². The maximum absolute atomic E-state index is 12.4. The van der Waals surface area contributed by atoms with Gasteiger partial charge < -0.3 is 10.2 Å². The molecule has 0 aromatic heterocycles. The minimum atomic E-state index is -2.98. The number of carbonyl (C=O) groups excluding carboxylic acids is 1. The molecule has 0 aliphatic carbocycles. The summed E-state index contributed by atoms with van der Waals surface area (Å²) in [6.45, 7) is 4.48. The van der Waals surface area contributed by atoms with Crippen molar-refractivity contribution in [3.63, 3.8) is 0 Å². The van der Waals surface area contributed by atoms with Crippen molar-refractivity contribution in [2.75, 3.05) is 31.1 Å². The standard InChI is InChI=1S/C12H22N2O3S/c1-2-14(11-4-3-6-13-8-11)12(15)10-5-7-18(16,17)9-10/h10-11,13H,2-9H2,1H3. The second kappa shape index (κ2) is 5.57. The fourth-order valence-electron chi connectivity index (χ4n) is 2.92. The van der Waals surface area contributed by atoms with Gasteiger partial charge in [0.2, 0.25) is 5.91 Å². The summed E-state index contributed by atoms with van der Waals surface area (Å²) in [5.41, 5.74) is 0. The number of likely N-dealkylation sites (N-methyl/N-ethyl adjacent to an activating group) is 1. The van der Waals surface area contributed by atoms with Crippen LogP contribution in [0.4, 0.5) is 0 Å². The van der Waals surface area contributed by atoms with E-state index in [0.29, 0.717) is 13.0 Å². The molecule has 2 unspecified atom stereocenters. The fraction of sp³-hybridized carbons (Fsp3) is 0.917. The highest BCUT2D eigenvalue weighted by Crippen LogP contribution is 2.23. The van der Waals surface area contributed by atoms with Crippen molar-refractivity contribution >= 4 is 15.7 Å². The maximum Gasteiger partial charge on any atom is 0.227 e. The van der Waals surface area contributed by atoms with E-state index in [1.807, 2.05) is 11.8 Å². The molecule has 2 rings (SSSR count). The lowest BCUT2D eigenvalue weighted by molar-refractivity contribution is -0.137. The Balaban J connectivity index is 2.01. The van der Waals surface area contributed by atoms with Gasteiger partial charge in [-0.05, 0) is 32.7 Å². The molecule has 0 aromatic rings. The maximum atomic E-state index is 12.4. The Morgan fingerprint density at radius 3 is 2.67 bits per heavy atom. The second-order valence-corrected chi connectivity index (χ2v) is 7.45. The number of amides is 1. The zero-order chi connectivity index (χ0) is 13.2. The van der Waals surface area contributed by atoms with Crippen LogP contribution in [0.1, 0.15) is 26.2 Å². The van der Waals surface area contributed by atoms with Crippen molar-refractivity contribution in [1.29, 1.82) is 0 Å². The highest BCUT2D eigenvalue weighted by atomic mass is 32.2. The van der Waals surface area contributed by atoms with Crippen molar-refractivity contribution in [2.24, 2.45) is 5.92 Å². The highest BCUT2D eigenvalue weighted by Gasteiger charge is 2.37. The van der Waals surface area contributed by atoms with Crippen LogP contribution in [0.3, 0.4) is 0 Å². The summed E-state index contributed by atoms with van der Waals surface area (Å²) >= 11 is 0. The van der Waals surface area contributed by atoms with E-state index in [2.05, 4.69) is 5.32 Å². The van der Waals surface area contributed by atoms with Crippen LogP contribution in [0.25, 0.3) is 0 Å². The number of nitrogens with one attached hydrogen (secondary N) is 1. The van der Waals surface area contributed by atoms with Gasteiger partial charge in [0, 0.05) is 19.1 Å². The first-order valence-electron chi connectivity index (χ1n) is 6.75. The Hall–Kier alpha value is -0.620. The Bertz CT molecular complexity index is 402. The van der Waals surface area contributed by atoms with Gasteiger partial charge in [0.1, 0.15) is 0 Å².